The maximum Gasteiger partial charge on any atom is 0.317 e. The minimum atomic E-state index is -0.505. The SMILES string of the molecule is C[C@H]1CCCN1C(=O)N[C@@H]1CCCC(Nc2nc(-c3nn(C)c4ncccc34)ncc2F)C1. The summed E-state index contributed by atoms with van der Waals surface area (Å²) in [7, 11) is 1.81. The topological polar surface area (TPSA) is 101 Å². The van der Waals surface area contributed by atoms with Crippen LogP contribution in [0.4, 0.5) is 15.0 Å². The molecule has 0 bridgehead atoms. The molecule has 1 saturated heterocycles. The summed E-state index contributed by atoms with van der Waals surface area (Å²) in [6, 6.07) is 4.10. The summed E-state index contributed by atoms with van der Waals surface area (Å²) in [6.07, 6.45) is 8.49. The number of urea groups is 1. The lowest BCUT2D eigenvalue weighted by molar-refractivity contribution is 0.187. The van der Waals surface area contributed by atoms with Crippen molar-refractivity contribution >= 4 is 22.9 Å². The maximum absolute atomic E-state index is 14.6. The van der Waals surface area contributed by atoms with Crippen molar-refractivity contribution in [2.24, 2.45) is 7.05 Å². The Morgan fingerprint density at radius 3 is 2.85 bits per heavy atom. The molecule has 2 fully saturated rings. The first kappa shape index (κ1) is 21.5. The molecule has 3 aromatic rings. The number of hydrogen-bond acceptors (Lipinski definition) is 6. The van der Waals surface area contributed by atoms with Gasteiger partial charge in [-0.15, -0.1) is 0 Å². The van der Waals surface area contributed by atoms with Gasteiger partial charge in [0.1, 0.15) is 5.69 Å². The van der Waals surface area contributed by atoms with E-state index in [1.807, 2.05) is 17.0 Å². The van der Waals surface area contributed by atoms with Crippen molar-refractivity contribution in [1.29, 1.82) is 0 Å². The molecule has 5 rings (SSSR count). The van der Waals surface area contributed by atoms with Crippen LogP contribution in [0.3, 0.4) is 0 Å². The van der Waals surface area contributed by atoms with Crippen molar-refractivity contribution in [3.05, 3.63) is 30.3 Å². The highest BCUT2D eigenvalue weighted by Gasteiger charge is 2.29. The number of pyridine rings is 1. The monoisotopic (exact) mass is 452 g/mol. The second-order valence-electron chi connectivity index (χ2n) is 9.08. The number of nitrogens with one attached hydrogen (secondary N) is 2. The first-order chi connectivity index (χ1) is 16.0. The van der Waals surface area contributed by atoms with Crippen LogP contribution in [-0.2, 0) is 7.05 Å². The van der Waals surface area contributed by atoms with Crippen molar-refractivity contribution in [2.75, 3.05) is 11.9 Å². The summed E-state index contributed by atoms with van der Waals surface area (Å²) in [5.41, 5.74) is 1.28. The Hall–Kier alpha value is -3.30. The largest absolute Gasteiger partial charge is 0.365 e. The van der Waals surface area contributed by atoms with E-state index in [2.05, 4.69) is 37.6 Å². The first-order valence-electron chi connectivity index (χ1n) is 11.6. The van der Waals surface area contributed by atoms with E-state index in [-0.39, 0.29) is 30.0 Å². The molecule has 174 valence electrons. The van der Waals surface area contributed by atoms with Crippen LogP contribution < -0.4 is 10.6 Å². The number of hydrogen-bond donors (Lipinski definition) is 2. The number of amides is 2. The standard InChI is InChI=1S/C23H29FN8O/c1-14-6-5-11-32(14)23(33)28-16-8-3-7-15(12-16)27-20-18(24)13-26-21(29-20)19-17-9-4-10-25-22(17)31(2)30-19/h4,9-10,13-16H,3,5-8,11-12H2,1-2H3,(H,28,33)(H,26,27,29)/t14-,15?,16+/m0/s1. The van der Waals surface area contributed by atoms with Gasteiger partial charge < -0.3 is 15.5 Å². The molecule has 0 aromatic carbocycles. The normalized spacial score (nSPS) is 23.1. The fraction of sp³-hybridized carbons (Fsp3) is 0.522. The molecular weight excluding hydrogens is 423 g/mol. The van der Waals surface area contributed by atoms with Gasteiger partial charge in [0.2, 0.25) is 0 Å². The van der Waals surface area contributed by atoms with E-state index in [1.54, 1.807) is 17.9 Å². The van der Waals surface area contributed by atoms with Gasteiger partial charge in [-0.3, -0.25) is 0 Å². The van der Waals surface area contributed by atoms with Gasteiger partial charge in [0.05, 0.1) is 11.6 Å². The highest BCUT2D eigenvalue weighted by Crippen LogP contribution is 2.27. The second-order valence-corrected chi connectivity index (χ2v) is 9.08. The average Bonchev–Trinajstić information content (AvgIpc) is 3.39. The zero-order valence-corrected chi connectivity index (χ0v) is 19.0. The van der Waals surface area contributed by atoms with Crippen LogP contribution >= 0.6 is 0 Å². The Kier molecular flexibility index (Phi) is 5.82. The lowest BCUT2D eigenvalue weighted by Crippen LogP contribution is -2.48. The molecule has 3 atom stereocenters. The molecular formula is C23H29FN8O. The molecule has 1 unspecified atom stereocenters. The van der Waals surface area contributed by atoms with Crippen LogP contribution in [0.25, 0.3) is 22.6 Å². The van der Waals surface area contributed by atoms with Crippen LogP contribution in [0.15, 0.2) is 24.5 Å². The first-order valence-corrected chi connectivity index (χ1v) is 11.6. The molecule has 10 heteroatoms. The van der Waals surface area contributed by atoms with Crippen molar-refractivity contribution < 1.29 is 9.18 Å². The van der Waals surface area contributed by atoms with Crippen molar-refractivity contribution in [1.82, 2.24) is 34.9 Å². The summed E-state index contributed by atoms with van der Waals surface area (Å²) >= 11 is 0. The number of fused-ring (bicyclic) bond motifs is 1. The van der Waals surface area contributed by atoms with Gasteiger partial charge in [0.15, 0.2) is 23.1 Å². The summed E-state index contributed by atoms with van der Waals surface area (Å²) in [5, 5.41) is 11.7. The van der Waals surface area contributed by atoms with Crippen LogP contribution in [-0.4, -0.2) is 60.3 Å². The molecule has 33 heavy (non-hydrogen) atoms. The highest BCUT2D eigenvalue weighted by atomic mass is 19.1. The van der Waals surface area contributed by atoms with E-state index in [4.69, 9.17) is 0 Å². The number of nitrogens with zero attached hydrogens (tertiary/aromatic N) is 6. The fourth-order valence-electron chi connectivity index (χ4n) is 4.98. The Morgan fingerprint density at radius 1 is 1.18 bits per heavy atom. The molecule has 2 amide bonds. The molecule has 1 saturated carbocycles. The van der Waals surface area contributed by atoms with Crippen LogP contribution in [0.2, 0.25) is 0 Å². The van der Waals surface area contributed by atoms with E-state index in [1.165, 1.54) is 6.20 Å². The Bertz CT molecular complexity index is 1160. The van der Waals surface area contributed by atoms with Gasteiger partial charge in [0.25, 0.3) is 0 Å². The molecule has 9 nitrogen and oxygen atoms in total. The second kappa shape index (κ2) is 8.92. The van der Waals surface area contributed by atoms with Crippen molar-refractivity contribution in [3.63, 3.8) is 0 Å². The van der Waals surface area contributed by atoms with Gasteiger partial charge in [-0.1, -0.05) is 0 Å². The predicted molar refractivity (Wildman–Crippen MR) is 123 cm³/mol. The third-order valence-corrected chi connectivity index (χ3v) is 6.71. The predicted octanol–water partition coefficient (Wildman–Crippen LogP) is 3.48. The van der Waals surface area contributed by atoms with E-state index >= 15 is 0 Å². The molecule has 1 aliphatic heterocycles. The zero-order valence-electron chi connectivity index (χ0n) is 19.0. The number of rotatable bonds is 4. The Balaban J connectivity index is 1.30. The molecule has 4 heterocycles. The quantitative estimate of drug-likeness (QED) is 0.629. The number of carbonyl (C=O) groups is 1. The maximum atomic E-state index is 14.6. The van der Waals surface area contributed by atoms with Crippen LogP contribution in [0.1, 0.15) is 45.4 Å². The van der Waals surface area contributed by atoms with Gasteiger partial charge in [0, 0.05) is 37.9 Å². The lowest BCUT2D eigenvalue weighted by Gasteiger charge is -2.32. The number of carbonyl (C=O) groups excluding carboxylic acids is 1. The number of aromatic nitrogens is 5. The molecule has 3 aromatic heterocycles. The Morgan fingerprint density at radius 2 is 2.03 bits per heavy atom. The average molecular weight is 453 g/mol. The third kappa shape index (κ3) is 4.34. The van der Waals surface area contributed by atoms with E-state index in [0.717, 1.165) is 50.5 Å². The van der Waals surface area contributed by atoms with Gasteiger partial charge in [-0.2, -0.15) is 5.10 Å². The van der Waals surface area contributed by atoms with Gasteiger partial charge in [-0.05, 0) is 57.6 Å². The van der Waals surface area contributed by atoms with Crippen molar-refractivity contribution in [3.8, 4) is 11.5 Å². The minimum absolute atomic E-state index is 0.0109. The van der Waals surface area contributed by atoms with E-state index in [0.29, 0.717) is 17.2 Å². The number of aryl methyl sites for hydroxylation is 1. The van der Waals surface area contributed by atoms with E-state index < -0.39 is 5.82 Å². The fourth-order valence-corrected chi connectivity index (χ4v) is 4.98. The molecule has 0 radical (unpaired) electrons. The van der Waals surface area contributed by atoms with Crippen LogP contribution in [0.5, 0.6) is 0 Å². The molecule has 1 aliphatic carbocycles. The number of anilines is 1. The summed E-state index contributed by atoms with van der Waals surface area (Å²) < 4.78 is 16.3. The van der Waals surface area contributed by atoms with Gasteiger partial charge >= 0.3 is 6.03 Å². The molecule has 2 aliphatic rings. The number of likely N-dealkylation sites (tertiary alicyclic amines) is 1. The summed E-state index contributed by atoms with van der Waals surface area (Å²) in [4.78, 5) is 27.6. The highest BCUT2D eigenvalue weighted by molar-refractivity contribution is 5.89. The molecule has 2 N–H and O–H groups in total. The molecule has 0 spiro atoms. The summed E-state index contributed by atoms with van der Waals surface area (Å²) in [6.45, 7) is 2.90. The lowest BCUT2D eigenvalue weighted by atomic mass is 9.91. The minimum Gasteiger partial charge on any atom is -0.365 e. The number of halogens is 1. The zero-order chi connectivity index (χ0) is 22.9. The summed E-state index contributed by atoms with van der Waals surface area (Å²) in [5.74, 6) is 0.00294. The van der Waals surface area contributed by atoms with Crippen molar-refractivity contribution in [2.45, 2.75) is 63.6 Å². The Labute approximate surface area is 191 Å². The van der Waals surface area contributed by atoms with Crippen LogP contribution in [0, 0.1) is 5.82 Å². The smallest absolute Gasteiger partial charge is 0.317 e. The van der Waals surface area contributed by atoms with Gasteiger partial charge in [-0.25, -0.2) is 28.8 Å². The third-order valence-electron chi connectivity index (χ3n) is 6.71. The van der Waals surface area contributed by atoms with E-state index in [9.17, 15) is 9.18 Å².